The summed E-state index contributed by atoms with van der Waals surface area (Å²) < 4.78 is 0. The highest BCUT2D eigenvalue weighted by Gasteiger charge is 2.04. The molecule has 0 bridgehead atoms. The molecule has 0 saturated carbocycles. The minimum atomic E-state index is -0.433. The summed E-state index contributed by atoms with van der Waals surface area (Å²) >= 11 is 4.75. The number of benzene rings is 2. The van der Waals surface area contributed by atoms with Gasteiger partial charge in [0.2, 0.25) is 0 Å². The fraction of sp³-hybridized carbons (Fsp3) is 0. The van der Waals surface area contributed by atoms with Gasteiger partial charge in [0.05, 0.1) is 10.6 Å². The van der Waals surface area contributed by atoms with E-state index in [1.807, 2.05) is 30.3 Å². The SMILES string of the molecule is NC(=S)N/N=C(/C=C/c1cccc([N+](=O)[O-])c1)c1ccccc1. The van der Waals surface area contributed by atoms with Crippen molar-refractivity contribution in [2.75, 3.05) is 0 Å². The summed E-state index contributed by atoms with van der Waals surface area (Å²) in [5.74, 6) is 0. The van der Waals surface area contributed by atoms with Crippen LogP contribution in [0.15, 0.2) is 65.8 Å². The highest BCUT2D eigenvalue weighted by Crippen LogP contribution is 2.14. The van der Waals surface area contributed by atoms with Gasteiger partial charge in [0.15, 0.2) is 5.11 Å². The van der Waals surface area contributed by atoms with Crippen LogP contribution in [-0.4, -0.2) is 15.7 Å². The van der Waals surface area contributed by atoms with Gasteiger partial charge in [0, 0.05) is 17.7 Å². The van der Waals surface area contributed by atoms with Crippen LogP contribution in [-0.2, 0) is 0 Å². The molecule has 2 rings (SSSR count). The number of rotatable bonds is 5. The first-order valence-corrected chi connectivity index (χ1v) is 7.08. The molecule has 0 saturated heterocycles. The second-order valence-electron chi connectivity index (χ2n) is 4.52. The standard InChI is InChI=1S/C16H14N4O2S/c17-16(23)19-18-15(13-6-2-1-3-7-13)10-9-12-5-4-8-14(11-12)20(21)22/h1-11H,(H3,17,19,23)/b10-9+,18-15-. The van der Waals surface area contributed by atoms with Gasteiger partial charge in [-0.25, -0.2) is 0 Å². The van der Waals surface area contributed by atoms with Crippen LogP contribution < -0.4 is 11.2 Å². The average molecular weight is 326 g/mol. The topological polar surface area (TPSA) is 93.5 Å². The number of thiocarbonyl (C=S) groups is 1. The second-order valence-corrected chi connectivity index (χ2v) is 4.96. The molecule has 0 spiro atoms. The summed E-state index contributed by atoms with van der Waals surface area (Å²) in [5, 5.41) is 15.0. The molecule has 0 aliphatic heterocycles. The summed E-state index contributed by atoms with van der Waals surface area (Å²) in [7, 11) is 0. The largest absolute Gasteiger partial charge is 0.375 e. The van der Waals surface area contributed by atoms with E-state index in [2.05, 4.69) is 10.5 Å². The number of hydrogen-bond donors (Lipinski definition) is 2. The second kappa shape index (κ2) is 7.81. The van der Waals surface area contributed by atoms with Gasteiger partial charge in [-0.05, 0) is 23.9 Å². The third-order valence-electron chi connectivity index (χ3n) is 2.87. The van der Waals surface area contributed by atoms with Crippen LogP contribution in [0.5, 0.6) is 0 Å². The van der Waals surface area contributed by atoms with Gasteiger partial charge in [-0.3, -0.25) is 15.5 Å². The molecule has 0 heterocycles. The molecule has 116 valence electrons. The van der Waals surface area contributed by atoms with E-state index >= 15 is 0 Å². The molecular formula is C16H14N4O2S. The number of nitrogens with zero attached hydrogens (tertiary/aromatic N) is 2. The number of nitrogens with one attached hydrogen (secondary N) is 1. The van der Waals surface area contributed by atoms with Gasteiger partial charge in [0.25, 0.3) is 5.69 Å². The molecule has 2 aromatic rings. The average Bonchev–Trinajstić information content (AvgIpc) is 2.55. The maximum atomic E-state index is 10.8. The van der Waals surface area contributed by atoms with Gasteiger partial charge in [0.1, 0.15) is 0 Å². The molecule has 0 unspecified atom stereocenters. The van der Waals surface area contributed by atoms with E-state index in [-0.39, 0.29) is 10.8 Å². The number of non-ortho nitro benzene ring substituents is 1. The smallest absolute Gasteiger partial charge is 0.270 e. The lowest BCUT2D eigenvalue weighted by Crippen LogP contribution is -2.25. The van der Waals surface area contributed by atoms with Crippen molar-refractivity contribution in [2.45, 2.75) is 0 Å². The minimum absolute atomic E-state index is 0.0339. The monoisotopic (exact) mass is 326 g/mol. The molecule has 0 aliphatic carbocycles. The van der Waals surface area contributed by atoms with Crippen molar-refractivity contribution in [1.29, 1.82) is 0 Å². The molecule has 6 nitrogen and oxygen atoms in total. The zero-order valence-electron chi connectivity index (χ0n) is 12.0. The van der Waals surface area contributed by atoms with Crippen LogP contribution in [0.3, 0.4) is 0 Å². The first-order valence-electron chi connectivity index (χ1n) is 6.67. The lowest BCUT2D eigenvalue weighted by Gasteiger charge is -2.03. The van der Waals surface area contributed by atoms with Gasteiger partial charge in [-0.2, -0.15) is 5.10 Å². The third-order valence-corrected chi connectivity index (χ3v) is 2.96. The summed E-state index contributed by atoms with van der Waals surface area (Å²) in [5.41, 5.74) is 10.1. The fourth-order valence-electron chi connectivity index (χ4n) is 1.84. The molecule has 2 aromatic carbocycles. The Kier molecular flexibility index (Phi) is 5.54. The zero-order chi connectivity index (χ0) is 16.7. The maximum Gasteiger partial charge on any atom is 0.270 e. The molecule has 0 amide bonds. The van der Waals surface area contributed by atoms with Crippen LogP contribution in [0.2, 0.25) is 0 Å². The molecule has 7 heteroatoms. The maximum absolute atomic E-state index is 10.8. The Morgan fingerprint density at radius 1 is 1.22 bits per heavy atom. The number of hydrogen-bond acceptors (Lipinski definition) is 4. The first-order chi connectivity index (χ1) is 11.1. The number of hydrazone groups is 1. The Labute approximate surface area is 138 Å². The molecule has 0 aromatic heterocycles. The summed E-state index contributed by atoms with van der Waals surface area (Å²) in [4.78, 5) is 10.4. The van der Waals surface area contributed by atoms with Crippen molar-refractivity contribution < 1.29 is 4.92 Å². The van der Waals surface area contributed by atoms with Crippen LogP contribution in [0, 0.1) is 10.1 Å². The van der Waals surface area contributed by atoms with E-state index in [9.17, 15) is 10.1 Å². The van der Waals surface area contributed by atoms with Crippen molar-refractivity contribution in [1.82, 2.24) is 5.43 Å². The van der Waals surface area contributed by atoms with Gasteiger partial charge in [-0.1, -0.05) is 48.5 Å². The summed E-state index contributed by atoms with van der Waals surface area (Å²) in [6, 6.07) is 15.8. The lowest BCUT2D eigenvalue weighted by molar-refractivity contribution is -0.384. The Morgan fingerprint density at radius 2 is 1.96 bits per heavy atom. The van der Waals surface area contributed by atoms with Crippen molar-refractivity contribution in [3.8, 4) is 0 Å². The quantitative estimate of drug-likeness (QED) is 0.381. The van der Waals surface area contributed by atoms with Crippen molar-refractivity contribution in [3.05, 3.63) is 81.9 Å². The Balaban J connectivity index is 2.30. The van der Waals surface area contributed by atoms with Crippen LogP contribution in [0.1, 0.15) is 11.1 Å². The molecular weight excluding hydrogens is 312 g/mol. The van der Waals surface area contributed by atoms with Crippen LogP contribution >= 0.6 is 12.2 Å². The Bertz CT molecular complexity index is 773. The van der Waals surface area contributed by atoms with Crippen LogP contribution in [0.4, 0.5) is 5.69 Å². The number of nitro groups is 1. The molecule has 0 aliphatic rings. The Morgan fingerprint density at radius 3 is 2.61 bits per heavy atom. The van der Waals surface area contributed by atoms with E-state index < -0.39 is 4.92 Å². The van der Waals surface area contributed by atoms with E-state index in [1.54, 1.807) is 24.3 Å². The third kappa shape index (κ3) is 5.01. The molecule has 0 radical (unpaired) electrons. The molecule has 0 atom stereocenters. The number of allylic oxidation sites excluding steroid dienone is 1. The molecule has 3 N–H and O–H groups in total. The van der Waals surface area contributed by atoms with Crippen LogP contribution in [0.25, 0.3) is 6.08 Å². The van der Waals surface area contributed by atoms with E-state index in [1.165, 1.54) is 12.1 Å². The van der Waals surface area contributed by atoms with Crippen molar-refractivity contribution >= 4 is 34.8 Å². The predicted molar refractivity (Wildman–Crippen MR) is 95.0 cm³/mol. The highest BCUT2D eigenvalue weighted by molar-refractivity contribution is 7.80. The van der Waals surface area contributed by atoms with Crippen molar-refractivity contribution in [2.24, 2.45) is 10.8 Å². The molecule has 0 fully saturated rings. The Hall–Kier alpha value is -3.06. The zero-order valence-corrected chi connectivity index (χ0v) is 12.9. The predicted octanol–water partition coefficient (Wildman–Crippen LogP) is 2.85. The minimum Gasteiger partial charge on any atom is -0.375 e. The lowest BCUT2D eigenvalue weighted by atomic mass is 10.1. The van der Waals surface area contributed by atoms with E-state index in [0.29, 0.717) is 11.3 Å². The van der Waals surface area contributed by atoms with E-state index in [4.69, 9.17) is 18.0 Å². The number of nitro benzene ring substituents is 1. The number of nitrogens with two attached hydrogens (primary N) is 1. The van der Waals surface area contributed by atoms with Gasteiger partial charge >= 0.3 is 0 Å². The van der Waals surface area contributed by atoms with Crippen molar-refractivity contribution in [3.63, 3.8) is 0 Å². The summed E-state index contributed by atoms with van der Waals surface area (Å²) in [6.07, 6.45) is 3.47. The van der Waals surface area contributed by atoms with Gasteiger partial charge < -0.3 is 5.73 Å². The van der Waals surface area contributed by atoms with E-state index in [0.717, 1.165) is 5.56 Å². The normalized spacial score (nSPS) is 11.4. The highest BCUT2D eigenvalue weighted by atomic mass is 32.1. The summed E-state index contributed by atoms with van der Waals surface area (Å²) in [6.45, 7) is 0. The first kappa shape index (κ1) is 16.3. The fourth-order valence-corrected chi connectivity index (χ4v) is 1.89. The van der Waals surface area contributed by atoms with Gasteiger partial charge in [-0.15, -0.1) is 0 Å². The molecule has 23 heavy (non-hydrogen) atoms.